The first kappa shape index (κ1) is 45.0. The second kappa shape index (κ2) is 21.0. The number of likely N-dealkylation sites (tertiary alicyclic amines) is 2. The van der Waals surface area contributed by atoms with E-state index < -0.39 is 0 Å². The summed E-state index contributed by atoms with van der Waals surface area (Å²) in [6.45, 7) is 9.44. The van der Waals surface area contributed by atoms with Crippen LogP contribution in [0.3, 0.4) is 0 Å². The van der Waals surface area contributed by atoms with Gasteiger partial charge in [0.2, 0.25) is 0 Å². The predicted molar refractivity (Wildman–Crippen MR) is 259 cm³/mol. The molecule has 0 amide bonds. The summed E-state index contributed by atoms with van der Waals surface area (Å²) in [5.74, 6) is 1.26. The molecule has 10 heterocycles. The standard InChI is InChI=1S/C51H68N10O5/c1-63-25-27-65-37-5-3-19-60(33-37)45(29-35-11-21-58(22-12-35)43-9-17-52-41-31-56-50-39(47(41)43)7-15-54-50)49(62)46(61-20-4-6-38(34-61)66-28-26-64-2)30-36-13-23-59(24-14-36)44-10-18-53-42-32-57-51-40(48(42)44)8-16-55-51/h7-10,15-18,31-32,35-38,45-46H,3-6,11-14,19-30,33-34H2,1-2H3,(H,54,56)(H,55,57). The number of aromatic amines is 2. The summed E-state index contributed by atoms with van der Waals surface area (Å²) in [6.07, 6.45) is 21.6. The van der Waals surface area contributed by atoms with Gasteiger partial charge in [-0.05, 0) is 113 Å². The topological polar surface area (TPSA) is 150 Å². The van der Waals surface area contributed by atoms with Gasteiger partial charge in [-0.2, -0.15) is 0 Å². The van der Waals surface area contributed by atoms with Gasteiger partial charge in [-0.25, -0.2) is 9.97 Å². The first-order valence-corrected chi connectivity index (χ1v) is 24.7. The van der Waals surface area contributed by atoms with Crippen molar-refractivity contribution in [1.29, 1.82) is 0 Å². The predicted octanol–water partition coefficient (Wildman–Crippen LogP) is 7.01. The Morgan fingerprint density at radius 1 is 0.606 bits per heavy atom. The van der Waals surface area contributed by atoms with Crippen molar-refractivity contribution in [3.63, 3.8) is 0 Å². The van der Waals surface area contributed by atoms with Gasteiger partial charge in [0.05, 0.1) is 74.1 Å². The van der Waals surface area contributed by atoms with Crippen molar-refractivity contribution in [2.24, 2.45) is 11.8 Å². The molecule has 0 aliphatic carbocycles. The highest BCUT2D eigenvalue weighted by Gasteiger charge is 2.41. The van der Waals surface area contributed by atoms with Crippen LogP contribution in [0.25, 0.3) is 43.9 Å². The maximum atomic E-state index is 15.9. The zero-order valence-electron chi connectivity index (χ0n) is 38.9. The van der Waals surface area contributed by atoms with Crippen molar-refractivity contribution in [2.75, 3.05) is 103 Å². The normalized spacial score (nSPS) is 22.0. The van der Waals surface area contributed by atoms with E-state index in [0.717, 1.165) is 160 Å². The van der Waals surface area contributed by atoms with Crippen LogP contribution in [0, 0.1) is 11.8 Å². The Labute approximate surface area is 387 Å². The van der Waals surface area contributed by atoms with Gasteiger partial charge in [-0.1, -0.05) is 0 Å². The molecule has 4 aliphatic rings. The van der Waals surface area contributed by atoms with E-state index >= 15 is 4.79 Å². The van der Waals surface area contributed by atoms with Gasteiger partial charge >= 0.3 is 0 Å². The molecule has 6 aromatic rings. The van der Waals surface area contributed by atoms with Crippen LogP contribution in [0.5, 0.6) is 0 Å². The molecule has 0 aromatic carbocycles. The lowest BCUT2D eigenvalue weighted by Crippen LogP contribution is -2.58. The number of nitrogens with one attached hydrogen (secondary N) is 2. The zero-order chi connectivity index (χ0) is 44.8. The fraction of sp³-hybridized carbons (Fsp3) is 0.588. The van der Waals surface area contributed by atoms with Crippen LogP contribution in [0.4, 0.5) is 11.4 Å². The summed E-state index contributed by atoms with van der Waals surface area (Å²) < 4.78 is 23.5. The fourth-order valence-electron chi connectivity index (χ4n) is 11.7. The van der Waals surface area contributed by atoms with Crippen molar-refractivity contribution in [3.8, 4) is 0 Å². The van der Waals surface area contributed by atoms with E-state index in [0.29, 0.717) is 44.0 Å². The van der Waals surface area contributed by atoms with E-state index in [-0.39, 0.29) is 24.3 Å². The quantitative estimate of drug-likeness (QED) is 0.0853. The summed E-state index contributed by atoms with van der Waals surface area (Å²) in [7, 11) is 3.45. The van der Waals surface area contributed by atoms with Crippen LogP contribution in [0.2, 0.25) is 0 Å². The lowest BCUT2D eigenvalue weighted by Gasteiger charge is -2.45. The molecule has 0 bridgehead atoms. The van der Waals surface area contributed by atoms with Gasteiger partial charge in [0, 0.05) is 111 Å². The van der Waals surface area contributed by atoms with Crippen LogP contribution in [0.15, 0.2) is 61.4 Å². The number of piperidine rings is 4. The molecule has 4 atom stereocenters. The van der Waals surface area contributed by atoms with Crippen molar-refractivity contribution in [1.82, 2.24) is 39.7 Å². The van der Waals surface area contributed by atoms with Gasteiger partial charge in [0.1, 0.15) is 11.3 Å². The van der Waals surface area contributed by atoms with Crippen molar-refractivity contribution in [3.05, 3.63) is 61.4 Å². The number of Topliss-reactive ketones (excluding diaryl/α,β-unsaturated/α-hetero) is 1. The number of carbonyl (C=O) groups excluding carboxylic acids is 1. The monoisotopic (exact) mass is 901 g/mol. The summed E-state index contributed by atoms with van der Waals surface area (Å²) >= 11 is 0. The number of ketones is 1. The second-order valence-corrected chi connectivity index (χ2v) is 19.2. The number of rotatable bonds is 18. The first-order valence-electron chi connectivity index (χ1n) is 24.7. The fourth-order valence-corrected chi connectivity index (χ4v) is 11.7. The Bertz CT molecular complexity index is 2360. The van der Waals surface area contributed by atoms with Crippen LogP contribution < -0.4 is 9.80 Å². The van der Waals surface area contributed by atoms with E-state index in [2.05, 4.69) is 73.8 Å². The molecule has 0 spiro atoms. The number of methoxy groups -OCH3 is 2. The second-order valence-electron chi connectivity index (χ2n) is 19.2. The highest BCUT2D eigenvalue weighted by atomic mass is 16.5. The summed E-state index contributed by atoms with van der Waals surface area (Å²) in [5.41, 5.74) is 6.05. The molecule has 66 heavy (non-hydrogen) atoms. The number of fused-ring (bicyclic) bond motifs is 6. The van der Waals surface area contributed by atoms with Gasteiger partial charge in [-0.15, -0.1) is 0 Å². The molecule has 2 N–H and O–H groups in total. The molecule has 15 nitrogen and oxygen atoms in total. The third-order valence-electron chi connectivity index (χ3n) is 15.2. The van der Waals surface area contributed by atoms with E-state index in [1.54, 1.807) is 14.2 Å². The number of H-pyrrole nitrogens is 2. The van der Waals surface area contributed by atoms with E-state index in [9.17, 15) is 0 Å². The number of hydrogen-bond acceptors (Lipinski definition) is 13. The molecule has 4 saturated heterocycles. The minimum Gasteiger partial charge on any atom is -0.382 e. The Balaban J connectivity index is 0.894. The summed E-state index contributed by atoms with van der Waals surface area (Å²) in [6, 6.07) is 8.19. The van der Waals surface area contributed by atoms with Crippen molar-refractivity contribution in [2.45, 2.75) is 88.5 Å². The Hall–Kier alpha value is -4.77. The van der Waals surface area contributed by atoms with Gasteiger partial charge in [-0.3, -0.25) is 24.6 Å². The molecule has 4 fully saturated rings. The number of aromatic nitrogens is 6. The minimum atomic E-state index is -0.178. The van der Waals surface area contributed by atoms with Gasteiger partial charge in [0.15, 0.2) is 5.78 Å². The lowest BCUT2D eigenvalue weighted by molar-refractivity contribution is -0.135. The van der Waals surface area contributed by atoms with E-state index in [1.807, 2.05) is 37.2 Å². The molecule has 15 heteroatoms. The zero-order valence-corrected chi connectivity index (χ0v) is 38.9. The number of anilines is 2. The van der Waals surface area contributed by atoms with Gasteiger partial charge in [0.25, 0.3) is 0 Å². The smallest absolute Gasteiger partial charge is 0.167 e. The van der Waals surface area contributed by atoms with Crippen LogP contribution in [-0.2, 0) is 23.7 Å². The summed E-state index contributed by atoms with van der Waals surface area (Å²) in [5, 5.41) is 4.54. The highest BCUT2D eigenvalue weighted by Crippen LogP contribution is 2.38. The first-order chi connectivity index (χ1) is 32.5. The van der Waals surface area contributed by atoms with Crippen LogP contribution >= 0.6 is 0 Å². The van der Waals surface area contributed by atoms with Crippen molar-refractivity contribution >= 4 is 61.0 Å². The molecule has 4 unspecified atom stereocenters. The van der Waals surface area contributed by atoms with Gasteiger partial charge < -0.3 is 38.7 Å². The third-order valence-corrected chi connectivity index (χ3v) is 15.2. The molecular weight excluding hydrogens is 833 g/mol. The Kier molecular flexibility index (Phi) is 14.4. The van der Waals surface area contributed by atoms with E-state index in [1.165, 1.54) is 11.4 Å². The molecule has 6 aromatic heterocycles. The van der Waals surface area contributed by atoms with Crippen molar-refractivity contribution < 1.29 is 23.7 Å². The van der Waals surface area contributed by atoms with Crippen LogP contribution in [0.1, 0.15) is 64.2 Å². The SMILES string of the molecule is COCCOC1CCCN(C(CC2CCN(c3ccnc4cnc5[nH]ccc5c34)CC2)C(=O)C(CC2CCN(c3ccnc4cnc5[nH]ccc5c34)CC2)N2CCCC(OCCOC)C2)C1. The molecule has 0 radical (unpaired) electrons. The molecule has 4 aliphatic heterocycles. The average molecular weight is 901 g/mol. The molecule has 0 saturated carbocycles. The Morgan fingerprint density at radius 3 is 1.50 bits per heavy atom. The maximum Gasteiger partial charge on any atom is 0.167 e. The number of pyridine rings is 4. The Morgan fingerprint density at radius 2 is 1.06 bits per heavy atom. The summed E-state index contributed by atoms with van der Waals surface area (Å²) in [4.78, 5) is 51.2. The highest BCUT2D eigenvalue weighted by molar-refractivity contribution is 6.11. The number of ether oxygens (including phenoxy) is 4. The number of nitrogens with zero attached hydrogens (tertiary/aromatic N) is 8. The largest absolute Gasteiger partial charge is 0.382 e. The minimum absolute atomic E-state index is 0.0923. The van der Waals surface area contributed by atoms with E-state index in [4.69, 9.17) is 18.9 Å². The molecule has 352 valence electrons. The number of hydrogen-bond donors (Lipinski definition) is 2. The maximum absolute atomic E-state index is 15.9. The average Bonchev–Trinajstić information content (AvgIpc) is 4.06. The third kappa shape index (κ3) is 9.79. The lowest BCUT2D eigenvalue weighted by atomic mass is 9.81. The molecular formula is C51H68N10O5. The molecule has 10 rings (SSSR count). The number of carbonyl (C=O) groups is 1. The van der Waals surface area contributed by atoms with Crippen LogP contribution in [-0.4, -0.2) is 163 Å².